The SMILES string of the molecule is Cc1ccc(-c2c(-c3ccc(C#N)cc3)cc3c(N4CCC[C@@H](N)C4)nccn23)cc1. The quantitative estimate of drug-likeness (QED) is 0.531. The van der Waals surface area contributed by atoms with Crippen LogP contribution in [-0.4, -0.2) is 28.5 Å². The molecule has 4 aromatic rings. The summed E-state index contributed by atoms with van der Waals surface area (Å²) < 4.78 is 2.24. The standard InChI is InChI=1S/C26H25N5/c1-18-4-8-21(9-5-18)25-23(20-10-6-19(16-27)7-11-20)15-24-26(29-12-14-31(24)25)30-13-2-3-22(28)17-30/h4-12,14-15,22H,2-3,13,17,28H2,1H3/t22-/m1/s1. The number of nitrogens with zero attached hydrogens (tertiary/aromatic N) is 4. The van der Waals surface area contributed by atoms with Gasteiger partial charge in [-0.05, 0) is 49.1 Å². The second-order valence-corrected chi connectivity index (χ2v) is 8.32. The first kappa shape index (κ1) is 19.3. The van der Waals surface area contributed by atoms with Crippen molar-refractivity contribution in [3.63, 3.8) is 0 Å². The number of benzene rings is 2. The Bertz CT molecular complexity index is 1260. The highest BCUT2D eigenvalue weighted by Crippen LogP contribution is 2.38. The number of anilines is 1. The van der Waals surface area contributed by atoms with E-state index in [1.54, 1.807) is 0 Å². The highest BCUT2D eigenvalue weighted by molar-refractivity contribution is 5.90. The minimum atomic E-state index is 0.181. The fourth-order valence-corrected chi connectivity index (χ4v) is 4.49. The van der Waals surface area contributed by atoms with Gasteiger partial charge < -0.3 is 15.0 Å². The van der Waals surface area contributed by atoms with Gasteiger partial charge in [-0.15, -0.1) is 0 Å². The van der Waals surface area contributed by atoms with Crippen molar-refractivity contribution >= 4 is 11.3 Å². The lowest BCUT2D eigenvalue weighted by Gasteiger charge is -2.32. The molecule has 1 saturated heterocycles. The first-order chi connectivity index (χ1) is 15.1. The molecule has 5 heteroatoms. The smallest absolute Gasteiger partial charge is 0.153 e. The lowest BCUT2D eigenvalue weighted by atomic mass is 10.00. The van der Waals surface area contributed by atoms with Gasteiger partial charge in [0.15, 0.2) is 5.82 Å². The van der Waals surface area contributed by atoms with Gasteiger partial charge in [0.25, 0.3) is 0 Å². The predicted octanol–water partition coefficient (Wildman–Crippen LogP) is 4.78. The summed E-state index contributed by atoms with van der Waals surface area (Å²) in [5, 5.41) is 9.20. The Balaban J connectivity index is 1.74. The van der Waals surface area contributed by atoms with E-state index in [1.807, 2.05) is 36.7 Å². The zero-order valence-electron chi connectivity index (χ0n) is 17.6. The summed E-state index contributed by atoms with van der Waals surface area (Å²) in [5.41, 5.74) is 13.7. The Morgan fingerprint density at radius 3 is 2.52 bits per heavy atom. The van der Waals surface area contributed by atoms with Crippen molar-refractivity contribution in [2.45, 2.75) is 25.8 Å². The molecule has 5 nitrogen and oxygen atoms in total. The van der Waals surface area contributed by atoms with Crippen molar-refractivity contribution in [1.29, 1.82) is 5.26 Å². The third-order valence-electron chi connectivity index (χ3n) is 6.09. The van der Waals surface area contributed by atoms with Gasteiger partial charge in [-0.2, -0.15) is 5.26 Å². The van der Waals surface area contributed by atoms with Gasteiger partial charge in [-0.25, -0.2) is 4.98 Å². The molecule has 3 heterocycles. The molecule has 0 bridgehead atoms. The van der Waals surface area contributed by atoms with E-state index >= 15 is 0 Å². The normalized spacial score (nSPS) is 16.4. The monoisotopic (exact) mass is 407 g/mol. The molecule has 2 N–H and O–H groups in total. The second-order valence-electron chi connectivity index (χ2n) is 8.32. The molecule has 2 aromatic carbocycles. The third-order valence-corrected chi connectivity index (χ3v) is 6.09. The Morgan fingerprint density at radius 1 is 1.06 bits per heavy atom. The first-order valence-electron chi connectivity index (χ1n) is 10.7. The lowest BCUT2D eigenvalue weighted by molar-refractivity contribution is 0.504. The summed E-state index contributed by atoms with van der Waals surface area (Å²) in [4.78, 5) is 7.07. The fourth-order valence-electron chi connectivity index (χ4n) is 4.49. The minimum absolute atomic E-state index is 0.181. The van der Waals surface area contributed by atoms with E-state index in [9.17, 15) is 5.26 Å². The average molecular weight is 408 g/mol. The molecule has 0 radical (unpaired) electrons. The summed E-state index contributed by atoms with van der Waals surface area (Å²) in [6.07, 6.45) is 6.05. The highest BCUT2D eigenvalue weighted by atomic mass is 15.2. The molecule has 0 saturated carbocycles. The number of rotatable bonds is 3. The van der Waals surface area contributed by atoms with E-state index < -0.39 is 0 Å². The van der Waals surface area contributed by atoms with E-state index in [-0.39, 0.29) is 6.04 Å². The number of nitriles is 1. The van der Waals surface area contributed by atoms with Crippen LogP contribution in [0, 0.1) is 18.3 Å². The van der Waals surface area contributed by atoms with Crippen LogP contribution in [0.5, 0.6) is 0 Å². The molecular weight excluding hydrogens is 382 g/mol. The van der Waals surface area contributed by atoms with Crippen molar-refractivity contribution in [2.24, 2.45) is 5.73 Å². The minimum Gasteiger partial charge on any atom is -0.353 e. The molecular formula is C26H25N5. The predicted molar refractivity (Wildman–Crippen MR) is 125 cm³/mol. The maximum absolute atomic E-state index is 9.20. The van der Waals surface area contributed by atoms with Crippen LogP contribution in [0.4, 0.5) is 5.82 Å². The summed E-state index contributed by atoms with van der Waals surface area (Å²) >= 11 is 0. The Morgan fingerprint density at radius 2 is 1.81 bits per heavy atom. The number of nitrogens with two attached hydrogens (primary N) is 1. The van der Waals surface area contributed by atoms with Crippen molar-refractivity contribution in [1.82, 2.24) is 9.38 Å². The van der Waals surface area contributed by atoms with Crippen LogP contribution in [0.25, 0.3) is 27.9 Å². The van der Waals surface area contributed by atoms with Crippen LogP contribution < -0.4 is 10.6 Å². The van der Waals surface area contributed by atoms with E-state index in [1.165, 1.54) is 5.56 Å². The van der Waals surface area contributed by atoms with Gasteiger partial charge >= 0.3 is 0 Å². The van der Waals surface area contributed by atoms with Crippen molar-refractivity contribution in [3.8, 4) is 28.5 Å². The molecule has 0 aliphatic carbocycles. The number of fused-ring (bicyclic) bond motifs is 1. The molecule has 154 valence electrons. The Hall–Kier alpha value is -3.62. The number of aryl methyl sites for hydroxylation is 1. The molecule has 0 unspecified atom stereocenters. The molecule has 5 rings (SSSR count). The summed E-state index contributed by atoms with van der Waals surface area (Å²) in [5.74, 6) is 0.978. The second kappa shape index (κ2) is 7.90. The van der Waals surface area contributed by atoms with Gasteiger partial charge in [0.05, 0.1) is 22.8 Å². The van der Waals surface area contributed by atoms with E-state index in [0.29, 0.717) is 5.56 Å². The maximum atomic E-state index is 9.20. The summed E-state index contributed by atoms with van der Waals surface area (Å²) in [6, 6.07) is 21.0. The molecule has 1 aliphatic rings. The summed E-state index contributed by atoms with van der Waals surface area (Å²) in [6.45, 7) is 3.89. The van der Waals surface area contributed by atoms with Crippen LogP contribution in [0.3, 0.4) is 0 Å². The Labute approximate surface area is 182 Å². The van der Waals surface area contributed by atoms with E-state index in [2.05, 4.69) is 52.6 Å². The van der Waals surface area contributed by atoms with Gasteiger partial charge in [0.2, 0.25) is 0 Å². The largest absolute Gasteiger partial charge is 0.353 e. The van der Waals surface area contributed by atoms with Crippen molar-refractivity contribution in [2.75, 3.05) is 18.0 Å². The molecule has 1 fully saturated rings. The maximum Gasteiger partial charge on any atom is 0.153 e. The molecule has 2 aromatic heterocycles. The van der Waals surface area contributed by atoms with Gasteiger partial charge in [0.1, 0.15) is 0 Å². The van der Waals surface area contributed by atoms with Gasteiger partial charge in [-0.3, -0.25) is 0 Å². The van der Waals surface area contributed by atoms with Crippen molar-refractivity contribution < 1.29 is 0 Å². The van der Waals surface area contributed by atoms with Gasteiger partial charge in [0, 0.05) is 37.1 Å². The topological polar surface area (TPSA) is 70.3 Å². The van der Waals surface area contributed by atoms with Gasteiger partial charge in [-0.1, -0.05) is 42.0 Å². The average Bonchev–Trinajstić information content (AvgIpc) is 3.19. The van der Waals surface area contributed by atoms with Crippen LogP contribution in [0.15, 0.2) is 67.0 Å². The molecule has 31 heavy (non-hydrogen) atoms. The van der Waals surface area contributed by atoms with Crippen LogP contribution in [0.1, 0.15) is 24.0 Å². The third kappa shape index (κ3) is 3.56. The van der Waals surface area contributed by atoms with Crippen LogP contribution in [-0.2, 0) is 0 Å². The molecule has 1 atom stereocenters. The number of hydrogen-bond acceptors (Lipinski definition) is 4. The lowest BCUT2D eigenvalue weighted by Crippen LogP contribution is -2.43. The first-order valence-corrected chi connectivity index (χ1v) is 10.7. The summed E-state index contributed by atoms with van der Waals surface area (Å²) in [7, 11) is 0. The number of piperidine rings is 1. The fraction of sp³-hybridized carbons (Fsp3) is 0.231. The van der Waals surface area contributed by atoms with Crippen LogP contribution in [0.2, 0.25) is 0 Å². The molecule has 0 amide bonds. The Kier molecular flexibility index (Phi) is 4.93. The van der Waals surface area contributed by atoms with Crippen molar-refractivity contribution in [3.05, 3.63) is 78.1 Å². The van der Waals surface area contributed by atoms with E-state index in [4.69, 9.17) is 10.7 Å². The number of aromatic nitrogens is 2. The highest BCUT2D eigenvalue weighted by Gasteiger charge is 2.23. The van der Waals surface area contributed by atoms with Crippen LogP contribution >= 0.6 is 0 Å². The molecule has 0 spiro atoms. The zero-order valence-corrected chi connectivity index (χ0v) is 17.6. The molecule has 1 aliphatic heterocycles. The van der Waals surface area contributed by atoms with E-state index in [0.717, 1.165) is 59.7 Å². The zero-order chi connectivity index (χ0) is 21.4. The number of hydrogen-bond donors (Lipinski definition) is 1.